The van der Waals surface area contributed by atoms with E-state index >= 15 is 0 Å². The van der Waals surface area contributed by atoms with Gasteiger partial charge in [-0.15, -0.1) is 0 Å². The summed E-state index contributed by atoms with van der Waals surface area (Å²) in [6.45, 7) is 6.19. The Labute approximate surface area is 113 Å². The third-order valence-electron chi connectivity index (χ3n) is 3.04. The zero-order valence-electron chi connectivity index (χ0n) is 11.9. The number of aromatic nitrogens is 2. The standard InChI is InChI=1S/C13H21N3O3/c1-9(13(18)19)8-15(4)12(17)5-6-16-11(3)7-10(2)14-16/h7,9H,5-6,8H2,1-4H3,(H,18,19). The van der Waals surface area contributed by atoms with Crippen molar-refractivity contribution in [3.05, 3.63) is 17.5 Å². The SMILES string of the molecule is Cc1cc(C)n(CCC(=O)N(C)CC(C)C(=O)O)n1. The summed E-state index contributed by atoms with van der Waals surface area (Å²) in [5.41, 5.74) is 1.95. The first-order valence-electron chi connectivity index (χ1n) is 6.29. The molecule has 1 N–H and O–H groups in total. The second kappa shape index (κ2) is 6.36. The molecule has 0 aliphatic carbocycles. The van der Waals surface area contributed by atoms with Crippen molar-refractivity contribution in [3.63, 3.8) is 0 Å². The van der Waals surface area contributed by atoms with E-state index in [1.54, 1.807) is 18.7 Å². The van der Waals surface area contributed by atoms with Crippen LogP contribution in [0.5, 0.6) is 0 Å². The van der Waals surface area contributed by atoms with Gasteiger partial charge in [-0.2, -0.15) is 5.10 Å². The van der Waals surface area contributed by atoms with Crippen LogP contribution in [0.3, 0.4) is 0 Å². The van der Waals surface area contributed by atoms with Crippen LogP contribution >= 0.6 is 0 Å². The number of nitrogens with zero attached hydrogens (tertiary/aromatic N) is 3. The molecule has 0 spiro atoms. The van der Waals surface area contributed by atoms with Gasteiger partial charge in [0.2, 0.25) is 5.91 Å². The number of carboxylic acids is 1. The van der Waals surface area contributed by atoms with Crippen molar-refractivity contribution in [2.75, 3.05) is 13.6 Å². The van der Waals surface area contributed by atoms with Gasteiger partial charge in [0.25, 0.3) is 0 Å². The van der Waals surface area contributed by atoms with E-state index in [9.17, 15) is 9.59 Å². The number of aliphatic carboxylic acids is 1. The normalized spacial score (nSPS) is 12.2. The van der Waals surface area contributed by atoms with Gasteiger partial charge in [0.15, 0.2) is 0 Å². The lowest BCUT2D eigenvalue weighted by atomic mass is 10.1. The Morgan fingerprint density at radius 1 is 1.47 bits per heavy atom. The van der Waals surface area contributed by atoms with Crippen molar-refractivity contribution >= 4 is 11.9 Å². The van der Waals surface area contributed by atoms with Crippen LogP contribution in [0, 0.1) is 19.8 Å². The Hall–Kier alpha value is -1.85. The lowest BCUT2D eigenvalue weighted by Crippen LogP contribution is -2.34. The Balaban J connectivity index is 2.47. The summed E-state index contributed by atoms with van der Waals surface area (Å²) in [5.74, 6) is -1.51. The Morgan fingerprint density at radius 3 is 2.58 bits per heavy atom. The maximum Gasteiger partial charge on any atom is 0.308 e. The van der Waals surface area contributed by atoms with Crippen LogP contribution in [0.4, 0.5) is 0 Å². The number of hydrogen-bond acceptors (Lipinski definition) is 3. The van der Waals surface area contributed by atoms with Gasteiger partial charge in [-0.05, 0) is 19.9 Å². The van der Waals surface area contributed by atoms with Crippen molar-refractivity contribution in [1.82, 2.24) is 14.7 Å². The maximum absolute atomic E-state index is 11.9. The number of carbonyl (C=O) groups excluding carboxylic acids is 1. The monoisotopic (exact) mass is 267 g/mol. The molecule has 106 valence electrons. The average molecular weight is 267 g/mol. The summed E-state index contributed by atoms with van der Waals surface area (Å²) in [6.07, 6.45) is 0.324. The predicted octanol–water partition coefficient (Wildman–Crippen LogP) is 1.07. The molecule has 0 aliphatic rings. The number of aryl methyl sites for hydroxylation is 3. The first kappa shape index (κ1) is 15.2. The van der Waals surface area contributed by atoms with Crippen LogP contribution < -0.4 is 0 Å². The lowest BCUT2D eigenvalue weighted by molar-refractivity contribution is -0.142. The van der Waals surface area contributed by atoms with E-state index in [0.717, 1.165) is 11.4 Å². The van der Waals surface area contributed by atoms with E-state index in [0.29, 0.717) is 13.0 Å². The Kier molecular flexibility index (Phi) is 5.09. The van der Waals surface area contributed by atoms with Crippen LogP contribution in [0.15, 0.2) is 6.07 Å². The maximum atomic E-state index is 11.9. The van der Waals surface area contributed by atoms with Crippen LogP contribution in [0.1, 0.15) is 24.7 Å². The first-order valence-corrected chi connectivity index (χ1v) is 6.29. The number of hydrogen-bond donors (Lipinski definition) is 1. The highest BCUT2D eigenvalue weighted by atomic mass is 16.4. The average Bonchev–Trinajstić information content (AvgIpc) is 2.64. The van der Waals surface area contributed by atoms with Crippen LogP contribution in [0.2, 0.25) is 0 Å². The van der Waals surface area contributed by atoms with Gasteiger partial charge in [-0.1, -0.05) is 6.92 Å². The van der Waals surface area contributed by atoms with Gasteiger partial charge in [0.05, 0.1) is 11.6 Å². The van der Waals surface area contributed by atoms with Crippen molar-refractivity contribution < 1.29 is 14.7 Å². The highest BCUT2D eigenvalue weighted by Gasteiger charge is 2.17. The molecule has 1 aromatic rings. The number of amides is 1. The summed E-state index contributed by atoms with van der Waals surface area (Å²) in [7, 11) is 1.63. The topological polar surface area (TPSA) is 75.4 Å². The second-order valence-electron chi connectivity index (χ2n) is 4.91. The molecule has 0 aliphatic heterocycles. The van der Waals surface area contributed by atoms with Crippen molar-refractivity contribution in [1.29, 1.82) is 0 Å². The van der Waals surface area contributed by atoms with E-state index in [1.807, 2.05) is 19.9 Å². The summed E-state index contributed by atoms with van der Waals surface area (Å²) in [5, 5.41) is 13.1. The van der Waals surface area contributed by atoms with Gasteiger partial charge in [-0.3, -0.25) is 14.3 Å². The number of carbonyl (C=O) groups is 2. The summed E-state index contributed by atoms with van der Waals surface area (Å²) in [4.78, 5) is 24.1. The third kappa shape index (κ3) is 4.39. The molecule has 6 heteroatoms. The molecule has 1 amide bonds. The van der Waals surface area contributed by atoms with Gasteiger partial charge >= 0.3 is 5.97 Å². The van der Waals surface area contributed by atoms with E-state index < -0.39 is 11.9 Å². The molecule has 0 radical (unpaired) electrons. The van der Waals surface area contributed by atoms with Gasteiger partial charge < -0.3 is 10.0 Å². The molecule has 1 unspecified atom stereocenters. The number of rotatable bonds is 6. The zero-order chi connectivity index (χ0) is 14.6. The fourth-order valence-electron chi connectivity index (χ4n) is 1.88. The largest absolute Gasteiger partial charge is 0.481 e. The molecule has 0 aromatic carbocycles. The molecule has 1 aromatic heterocycles. The quantitative estimate of drug-likeness (QED) is 0.836. The molecular weight excluding hydrogens is 246 g/mol. The van der Waals surface area contributed by atoms with Crippen molar-refractivity contribution in [2.24, 2.45) is 5.92 Å². The first-order chi connectivity index (χ1) is 8.81. The van der Waals surface area contributed by atoms with Crippen molar-refractivity contribution in [3.8, 4) is 0 Å². The van der Waals surface area contributed by atoms with E-state index in [2.05, 4.69) is 5.10 Å². The molecular formula is C13H21N3O3. The van der Waals surface area contributed by atoms with Gasteiger partial charge in [0, 0.05) is 32.3 Å². The molecule has 1 atom stereocenters. The summed E-state index contributed by atoms with van der Waals surface area (Å²) in [6, 6.07) is 1.96. The van der Waals surface area contributed by atoms with Crippen LogP contribution in [-0.4, -0.2) is 45.3 Å². The van der Waals surface area contributed by atoms with Crippen molar-refractivity contribution in [2.45, 2.75) is 33.7 Å². The zero-order valence-corrected chi connectivity index (χ0v) is 11.9. The minimum atomic E-state index is -0.891. The molecule has 1 heterocycles. The predicted molar refractivity (Wildman–Crippen MR) is 70.8 cm³/mol. The highest BCUT2D eigenvalue weighted by Crippen LogP contribution is 2.05. The lowest BCUT2D eigenvalue weighted by Gasteiger charge is -2.19. The summed E-state index contributed by atoms with van der Waals surface area (Å²) < 4.78 is 1.79. The van der Waals surface area contributed by atoms with Crippen LogP contribution in [-0.2, 0) is 16.1 Å². The summed E-state index contributed by atoms with van der Waals surface area (Å²) >= 11 is 0. The second-order valence-corrected chi connectivity index (χ2v) is 4.91. The van der Waals surface area contributed by atoms with E-state index in [4.69, 9.17) is 5.11 Å². The minimum Gasteiger partial charge on any atom is -0.481 e. The molecule has 0 fully saturated rings. The van der Waals surface area contributed by atoms with E-state index in [1.165, 1.54) is 4.90 Å². The fourth-order valence-corrected chi connectivity index (χ4v) is 1.88. The van der Waals surface area contributed by atoms with Gasteiger partial charge in [-0.25, -0.2) is 0 Å². The van der Waals surface area contributed by atoms with E-state index in [-0.39, 0.29) is 12.5 Å². The smallest absolute Gasteiger partial charge is 0.308 e. The molecule has 19 heavy (non-hydrogen) atoms. The third-order valence-corrected chi connectivity index (χ3v) is 3.04. The molecule has 0 saturated heterocycles. The van der Waals surface area contributed by atoms with Crippen LogP contribution in [0.25, 0.3) is 0 Å². The Bertz CT molecular complexity index is 468. The Morgan fingerprint density at radius 2 is 2.11 bits per heavy atom. The molecule has 0 bridgehead atoms. The number of carboxylic acid groups (broad SMARTS) is 1. The van der Waals surface area contributed by atoms with Gasteiger partial charge in [0.1, 0.15) is 0 Å². The highest BCUT2D eigenvalue weighted by molar-refractivity contribution is 5.77. The molecule has 6 nitrogen and oxygen atoms in total. The minimum absolute atomic E-state index is 0.0688. The fraction of sp³-hybridized carbons (Fsp3) is 0.615. The molecule has 0 saturated carbocycles. The molecule has 1 rings (SSSR count).